The molecule has 188 valence electrons. The van der Waals surface area contributed by atoms with E-state index in [1.165, 1.54) is 27.1 Å². The Kier molecular flexibility index (Phi) is 10.9. The van der Waals surface area contributed by atoms with Crippen LogP contribution in [0.1, 0.15) is 53.0 Å². The summed E-state index contributed by atoms with van der Waals surface area (Å²) in [5.41, 5.74) is 1.24. The summed E-state index contributed by atoms with van der Waals surface area (Å²) >= 11 is 0. The summed E-state index contributed by atoms with van der Waals surface area (Å²) in [4.78, 5) is 3.43. The Hall–Kier alpha value is -2.06. The minimum absolute atomic E-state index is 0.0401. The van der Waals surface area contributed by atoms with Crippen molar-refractivity contribution in [1.29, 1.82) is 0 Å². The first kappa shape index (κ1) is 27.5. The van der Waals surface area contributed by atoms with E-state index in [9.17, 15) is 0 Å². The van der Waals surface area contributed by atoms with Crippen LogP contribution >= 0.6 is 8.53 Å². The molecule has 0 bridgehead atoms. The predicted molar refractivity (Wildman–Crippen MR) is 147 cm³/mol. The molecule has 0 amide bonds. The maximum atomic E-state index is 7.07. The quantitative estimate of drug-likeness (QED) is 0.0985. The summed E-state index contributed by atoms with van der Waals surface area (Å²) < 4.78 is 21.1. The molecule has 5 nitrogen and oxygen atoms in total. The van der Waals surface area contributed by atoms with Gasteiger partial charge in [-0.25, -0.2) is 11.2 Å². The van der Waals surface area contributed by atoms with E-state index in [1.807, 2.05) is 0 Å². The molecule has 2 unspecified atom stereocenters. The molecule has 0 aliphatic heterocycles. The first-order valence-electron chi connectivity index (χ1n) is 12.6. The van der Waals surface area contributed by atoms with Crippen LogP contribution in [0, 0.1) is 6.57 Å². The summed E-state index contributed by atoms with van der Waals surface area (Å²) in [7, 11) is -1.24. The highest BCUT2D eigenvalue weighted by atomic mass is 31.2. The number of rotatable bonds is 14. The molecule has 2 atom stereocenters. The van der Waals surface area contributed by atoms with E-state index in [-0.39, 0.29) is 6.10 Å². The van der Waals surface area contributed by atoms with Crippen molar-refractivity contribution in [2.45, 2.75) is 72.3 Å². The Balaban J connectivity index is 1.66. The van der Waals surface area contributed by atoms with Crippen LogP contribution in [-0.2, 0) is 20.4 Å². The van der Waals surface area contributed by atoms with Crippen molar-refractivity contribution in [1.82, 2.24) is 4.67 Å². The Bertz CT molecular complexity index is 1050. The minimum atomic E-state index is -1.24. The zero-order valence-corrected chi connectivity index (χ0v) is 22.6. The highest BCUT2D eigenvalue weighted by Crippen LogP contribution is 2.47. The van der Waals surface area contributed by atoms with Crippen molar-refractivity contribution in [3.8, 4) is 0 Å². The van der Waals surface area contributed by atoms with E-state index < -0.39 is 8.53 Å². The summed E-state index contributed by atoms with van der Waals surface area (Å²) in [5.74, 6) is 0. The van der Waals surface area contributed by atoms with Crippen LogP contribution in [0.4, 0.5) is 0 Å². The molecular weight excluding hydrogens is 455 g/mol. The minimum Gasteiger partial charge on any atom is -0.377 e. The Morgan fingerprint density at radius 3 is 2.06 bits per heavy atom. The molecule has 6 heteroatoms. The van der Waals surface area contributed by atoms with Gasteiger partial charge in [0.1, 0.15) is 6.61 Å². The van der Waals surface area contributed by atoms with Crippen molar-refractivity contribution in [3.63, 3.8) is 0 Å². The molecule has 3 aromatic rings. The summed E-state index contributed by atoms with van der Waals surface area (Å²) in [5, 5.41) is 4.97. The third kappa shape index (κ3) is 7.46. The van der Waals surface area contributed by atoms with Gasteiger partial charge in [-0.1, -0.05) is 55.5 Å². The number of fused-ring (bicyclic) bond motifs is 2. The lowest BCUT2D eigenvalue weighted by molar-refractivity contribution is 0.0706. The van der Waals surface area contributed by atoms with E-state index in [2.05, 4.69) is 98.7 Å². The van der Waals surface area contributed by atoms with Gasteiger partial charge in [-0.05, 0) is 73.7 Å². The fourth-order valence-corrected chi connectivity index (χ4v) is 6.21. The van der Waals surface area contributed by atoms with Crippen molar-refractivity contribution in [3.05, 3.63) is 71.6 Å². The SMILES string of the molecule is [C-]#[N+]CCOP(OC(CC)CCOCc1c2ccccc2cc2ccccc12)N(C(C)C)C(C)C. The lowest BCUT2D eigenvalue weighted by Gasteiger charge is -2.37. The van der Waals surface area contributed by atoms with Gasteiger partial charge in [-0.3, -0.25) is 0 Å². The highest BCUT2D eigenvalue weighted by molar-refractivity contribution is 7.44. The molecule has 0 aliphatic rings. The lowest BCUT2D eigenvalue weighted by Crippen LogP contribution is -2.34. The molecule has 0 aromatic heterocycles. The van der Waals surface area contributed by atoms with Crippen LogP contribution in [0.2, 0.25) is 0 Å². The average molecular weight is 495 g/mol. The zero-order valence-electron chi connectivity index (χ0n) is 21.7. The largest absolute Gasteiger partial charge is 0.377 e. The molecule has 0 N–H and O–H groups in total. The van der Waals surface area contributed by atoms with Crippen LogP contribution in [-0.4, -0.2) is 42.6 Å². The number of benzene rings is 3. The van der Waals surface area contributed by atoms with Gasteiger partial charge in [-0.15, -0.1) is 0 Å². The first-order chi connectivity index (χ1) is 17.0. The Labute approximate surface area is 212 Å². The summed E-state index contributed by atoms with van der Waals surface area (Å²) in [6.45, 7) is 19.8. The van der Waals surface area contributed by atoms with Gasteiger partial charge in [0, 0.05) is 18.7 Å². The monoisotopic (exact) mass is 494 g/mol. The standard InChI is InChI=1S/C29H39N2O3P/c1-7-26(34-35(33-19-17-30-6)31(22(2)3)23(4)5)16-18-32-21-29-27-14-10-8-12-24(27)20-25-13-9-11-15-28(25)29/h8-15,20,22-23,26H,7,16-19,21H2,1-5H3. The molecule has 35 heavy (non-hydrogen) atoms. The molecule has 0 saturated carbocycles. The summed E-state index contributed by atoms with van der Waals surface area (Å²) in [6.07, 6.45) is 1.72. The third-order valence-corrected chi connectivity index (χ3v) is 8.24. The van der Waals surface area contributed by atoms with Gasteiger partial charge in [0.05, 0.1) is 12.7 Å². The van der Waals surface area contributed by atoms with Gasteiger partial charge in [0.25, 0.3) is 8.53 Å². The van der Waals surface area contributed by atoms with E-state index in [0.717, 1.165) is 12.8 Å². The molecule has 0 heterocycles. The Morgan fingerprint density at radius 2 is 1.51 bits per heavy atom. The normalized spacial score (nSPS) is 13.7. The van der Waals surface area contributed by atoms with Gasteiger partial charge in [0.15, 0.2) is 0 Å². The third-order valence-electron chi connectivity index (χ3n) is 6.06. The van der Waals surface area contributed by atoms with Crippen molar-refractivity contribution in [2.24, 2.45) is 0 Å². The predicted octanol–water partition coefficient (Wildman–Crippen LogP) is 7.98. The van der Waals surface area contributed by atoms with Gasteiger partial charge in [-0.2, -0.15) is 0 Å². The molecule has 0 spiro atoms. The van der Waals surface area contributed by atoms with Crippen LogP contribution in [0.5, 0.6) is 0 Å². The van der Waals surface area contributed by atoms with Crippen LogP contribution in [0.3, 0.4) is 0 Å². The highest BCUT2D eigenvalue weighted by Gasteiger charge is 2.29. The van der Waals surface area contributed by atoms with Crippen molar-refractivity contribution < 1.29 is 13.8 Å². The van der Waals surface area contributed by atoms with E-state index in [4.69, 9.17) is 20.4 Å². The van der Waals surface area contributed by atoms with Crippen molar-refractivity contribution >= 4 is 30.1 Å². The van der Waals surface area contributed by atoms with Crippen molar-refractivity contribution in [2.75, 3.05) is 19.8 Å². The van der Waals surface area contributed by atoms with Gasteiger partial charge in [0.2, 0.25) is 6.54 Å². The maximum absolute atomic E-state index is 7.07. The van der Waals surface area contributed by atoms with E-state index in [1.54, 1.807) is 0 Å². The number of nitrogens with zero attached hydrogens (tertiary/aromatic N) is 2. The first-order valence-corrected chi connectivity index (χ1v) is 13.8. The Morgan fingerprint density at radius 1 is 0.914 bits per heavy atom. The second-order valence-corrected chi connectivity index (χ2v) is 10.7. The molecule has 3 aromatic carbocycles. The topological polar surface area (TPSA) is 35.3 Å². The van der Waals surface area contributed by atoms with Gasteiger partial charge >= 0.3 is 0 Å². The molecule has 0 saturated heterocycles. The smallest absolute Gasteiger partial charge is 0.259 e. The van der Waals surface area contributed by atoms with E-state index in [0.29, 0.717) is 38.4 Å². The fraction of sp³-hybridized carbons (Fsp3) is 0.483. The van der Waals surface area contributed by atoms with Crippen LogP contribution in [0.25, 0.3) is 26.4 Å². The second-order valence-electron chi connectivity index (χ2n) is 9.29. The molecule has 0 radical (unpaired) electrons. The van der Waals surface area contributed by atoms with Crippen LogP contribution in [0.15, 0.2) is 54.6 Å². The zero-order chi connectivity index (χ0) is 25.2. The fourth-order valence-electron chi connectivity index (χ4n) is 4.40. The molecule has 0 aliphatic carbocycles. The molecule has 0 fully saturated rings. The van der Waals surface area contributed by atoms with Crippen LogP contribution < -0.4 is 0 Å². The number of hydrogen-bond acceptors (Lipinski definition) is 4. The van der Waals surface area contributed by atoms with Gasteiger partial charge < -0.3 is 18.6 Å². The number of hydrogen-bond donors (Lipinski definition) is 0. The maximum Gasteiger partial charge on any atom is 0.259 e. The summed E-state index contributed by atoms with van der Waals surface area (Å²) in [6, 6.07) is 19.9. The molecule has 3 rings (SSSR count). The number of ether oxygens (including phenoxy) is 1. The second kappa shape index (κ2) is 13.9. The average Bonchev–Trinajstić information content (AvgIpc) is 2.84. The molecular formula is C29H39N2O3P. The van der Waals surface area contributed by atoms with E-state index >= 15 is 0 Å². The lowest BCUT2D eigenvalue weighted by atomic mass is 9.97.